The Morgan fingerprint density at radius 3 is 2.68 bits per heavy atom. The molecule has 0 fully saturated rings. The molecule has 0 aliphatic carbocycles. The summed E-state index contributed by atoms with van der Waals surface area (Å²) in [6.45, 7) is 1.87. The van der Waals surface area contributed by atoms with Crippen LogP contribution in [-0.4, -0.2) is 30.8 Å². The third kappa shape index (κ3) is 5.02. The molecule has 0 aliphatic heterocycles. The summed E-state index contributed by atoms with van der Waals surface area (Å²) in [6.07, 6.45) is 1.39. The van der Waals surface area contributed by atoms with Gasteiger partial charge in [-0.25, -0.2) is 9.59 Å². The minimum atomic E-state index is -0.664. The number of hydrogen-bond donors (Lipinski definition) is 1. The Morgan fingerprint density at radius 1 is 1.36 bits per heavy atom. The molecule has 0 unspecified atom stereocenters. The monoisotopic (exact) mass is 458 g/mol. The molecule has 148 valence electrons. The molecular formula is C18H16Cl2N2O4S2. The van der Waals surface area contributed by atoms with Gasteiger partial charge in [0.25, 0.3) is 0 Å². The van der Waals surface area contributed by atoms with Crippen molar-refractivity contribution in [3.8, 4) is 0 Å². The fourth-order valence-corrected chi connectivity index (χ4v) is 3.62. The normalized spacial score (nSPS) is 11.1. The number of nitrogens with zero attached hydrogens (tertiary/aromatic N) is 1. The largest absolute Gasteiger partial charge is 0.465 e. The quantitative estimate of drug-likeness (QED) is 0.381. The molecule has 0 atom stereocenters. The summed E-state index contributed by atoms with van der Waals surface area (Å²) in [5, 5.41) is 3.60. The van der Waals surface area contributed by atoms with E-state index in [4.69, 9.17) is 50.6 Å². The first kappa shape index (κ1) is 22.2. The number of benzene rings is 1. The highest BCUT2D eigenvalue weighted by molar-refractivity contribution is 7.80. The summed E-state index contributed by atoms with van der Waals surface area (Å²) in [7, 11) is 1.29. The number of halogens is 2. The Balaban J connectivity index is 2.52. The van der Waals surface area contributed by atoms with Gasteiger partial charge in [0.15, 0.2) is 5.11 Å². The van der Waals surface area contributed by atoms with Crippen LogP contribution in [0.3, 0.4) is 0 Å². The zero-order chi connectivity index (χ0) is 20.8. The summed E-state index contributed by atoms with van der Waals surface area (Å²) in [5.74, 6) is -1.18. The molecule has 10 heteroatoms. The van der Waals surface area contributed by atoms with Crippen LogP contribution in [0.2, 0.25) is 5.02 Å². The highest BCUT2D eigenvalue weighted by Gasteiger charge is 2.22. The van der Waals surface area contributed by atoms with E-state index in [9.17, 15) is 9.59 Å². The number of carbonyl (C=O) groups is 2. The number of anilines is 2. The highest BCUT2D eigenvalue weighted by Crippen LogP contribution is 2.34. The van der Waals surface area contributed by atoms with Gasteiger partial charge < -0.3 is 15.2 Å². The van der Waals surface area contributed by atoms with Crippen molar-refractivity contribution in [3.05, 3.63) is 50.1 Å². The van der Waals surface area contributed by atoms with Crippen molar-refractivity contribution in [1.82, 2.24) is 0 Å². The van der Waals surface area contributed by atoms with Crippen LogP contribution in [0, 0.1) is 0 Å². The average molecular weight is 459 g/mol. The number of carbonyl (C=O) groups excluding carboxylic acids is 2. The van der Waals surface area contributed by atoms with Crippen LogP contribution in [0.1, 0.15) is 22.8 Å². The predicted octanol–water partition coefficient (Wildman–Crippen LogP) is 4.71. The lowest BCUT2D eigenvalue weighted by Gasteiger charge is -2.23. The number of thiophene rings is 1. The number of rotatable bonds is 6. The second-order valence-electron chi connectivity index (χ2n) is 5.25. The van der Waals surface area contributed by atoms with Crippen LogP contribution >= 0.6 is 46.8 Å². The summed E-state index contributed by atoms with van der Waals surface area (Å²) >= 11 is 18.7. The Bertz CT molecular complexity index is 943. The summed E-state index contributed by atoms with van der Waals surface area (Å²) < 4.78 is 9.66. The second-order valence-corrected chi connectivity index (χ2v) is 7.23. The van der Waals surface area contributed by atoms with Crippen LogP contribution < -0.4 is 10.6 Å². The van der Waals surface area contributed by atoms with Gasteiger partial charge in [0.2, 0.25) is 0 Å². The van der Waals surface area contributed by atoms with Gasteiger partial charge in [0.1, 0.15) is 5.03 Å². The molecule has 2 aromatic rings. The van der Waals surface area contributed by atoms with E-state index in [0.29, 0.717) is 27.5 Å². The maximum atomic E-state index is 12.0. The van der Waals surface area contributed by atoms with Crippen molar-refractivity contribution >= 4 is 81.3 Å². The predicted molar refractivity (Wildman–Crippen MR) is 116 cm³/mol. The first-order valence-electron chi connectivity index (χ1n) is 7.88. The zero-order valence-electron chi connectivity index (χ0n) is 14.9. The number of nitrogens with two attached hydrogens (primary N) is 1. The molecule has 0 saturated carbocycles. The molecule has 0 saturated heterocycles. The minimum absolute atomic E-state index is 0.0114. The molecule has 1 aromatic heterocycles. The van der Waals surface area contributed by atoms with Gasteiger partial charge in [0.05, 0.1) is 25.0 Å². The number of ether oxygens (including phenoxy) is 2. The molecule has 1 heterocycles. The van der Waals surface area contributed by atoms with E-state index >= 15 is 0 Å². The fourth-order valence-electron chi connectivity index (χ4n) is 2.29. The van der Waals surface area contributed by atoms with Crippen molar-refractivity contribution in [1.29, 1.82) is 0 Å². The van der Waals surface area contributed by atoms with Gasteiger partial charge in [-0.15, -0.1) is 11.3 Å². The van der Waals surface area contributed by atoms with Crippen LogP contribution in [0.5, 0.6) is 0 Å². The number of methoxy groups -OCH3 is 1. The van der Waals surface area contributed by atoms with Crippen molar-refractivity contribution in [2.45, 2.75) is 6.92 Å². The molecule has 0 amide bonds. The first-order valence-corrected chi connectivity index (χ1v) is 9.98. The van der Waals surface area contributed by atoms with Crippen LogP contribution in [-0.2, 0) is 14.3 Å². The van der Waals surface area contributed by atoms with E-state index in [1.165, 1.54) is 29.4 Å². The molecule has 2 rings (SSSR count). The van der Waals surface area contributed by atoms with Gasteiger partial charge in [-0.3, -0.25) is 4.90 Å². The zero-order valence-corrected chi connectivity index (χ0v) is 18.0. The van der Waals surface area contributed by atoms with Gasteiger partial charge >= 0.3 is 11.9 Å². The van der Waals surface area contributed by atoms with Crippen molar-refractivity contribution in [2.75, 3.05) is 18.6 Å². The maximum Gasteiger partial charge on any atom is 0.349 e. The van der Waals surface area contributed by atoms with E-state index in [-0.39, 0.29) is 16.8 Å². The molecule has 28 heavy (non-hydrogen) atoms. The van der Waals surface area contributed by atoms with E-state index in [1.54, 1.807) is 35.9 Å². The molecule has 0 radical (unpaired) electrons. The van der Waals surface area contributed by atoms with E-state index in [1.807, 2.05) is 0 Å². The van der Waals surface area contributed by atoms with Gasteiger partial charge in [0, 0.05) is 21.5 Å². The molecule has 0 spiro atoms. The third-order valence-corrected chi connectivity index (χ3v) is 5.02. The van der Waals surface area contributed by atoms with Crippen molar-refractivity contribution in [2.24, 2.45) is 5.73 Å². The Labute approximate surface area is 181 Å². The number of esters is 2. The molecular weight excluding hydrogens is 443 g/mol. The van der Waals surface area contributed by atoms with Crippen LogP contribution in [0.4, 0.5) is 11.4 Å². The summed E-state index contributed by atoms with van der Waals surface area (Å²) in [5.41, 5.74) is 7.68. The van der Waals surface area contributed by atoms with Gasteiger partial charge in [-0.05, 0) is 49.0 Å². The van der Waals surface area contributed by atoms with E-state index < -0.39 is 11.9 Å². The van der Waals surface area contributed by atoms with Crippen molar-refractivity contribution < 1.29 is 19.1 Å². The third-order valence-electron chi connectivity index (χ3n) is 3.50. The Morgan fingerprint density at radius 2 is 2.07 bits per heavy atom. The highest BCUT2D eigenvalue weighted by atomic mass is 35.5. The Kier molecular flexibility index (Phi) is 7.82. The van der Waals surface area contributed by atoms with Gasteiger partial charge in [-0.2, -0.15) is 0 Å². The first-order chi connectivity index (χ1) is 13.3. The SMILES string of the molecule is CCOC(=O)C(Cl)=Cc1cc(N(C(N)=S)c2cscc2C(=O)OC)ccc1Cl. The topological polar surface area (TPSA) is 81.9 Å². The second kappa shape index (κ2) is 9.88. The van der Waals surface area contributed by atoms with Crippen LogP contribution in [0.15, 0.2) is 34.0 Å². The van der Waals surface area contributed by atoms with E-state index in [0.717, 1.165) is 0 Å². The molecule has 2 N–H and O–H groups in total. The van der Waals surface area contributed by atoms with Gasteiger partial charge in [-0.1, -0.05) is 23.2 Å². The lowest BCUT2D eigenvalue weighted by atomic mass is 10.1. The number of thiocarbonyl (C=S) groups is 1. The lowest BCUT2D eigenvalue weighted by Crippen LogP contribution is -2.32. The van der Waals surface area contributed by atoms with E-state index in [2.05, 4.69) is 0 Å². The standard InChI is InChI=1S/C18H16Cl2N2O4S2/c1-3-26-17(24)14(20)7-10-6-11(4-5-13(10)19)22(18(21)27)15-9-28-8-12(15)16(23)25-2/h4-9H,3H2,1-2H3,(H2,21,27). The fraction of sp³-hybridized carbons (Fsp3) is 0.167. The summed E-state index contributed by atoms with van der Waals surface area (Å²) in [4.78, 5) is 25.3. The molecule has 0 bridgehead atoms. The summed E-state index contributed by atoms with van der Waals surface area (Å²) in [6, 6.07) is 4.92. The number of hydrogen-bond acceptors (Lipinski definition) is 6. The molecule has 6 nitrogen and oxygen atoms in total. The Hall–Kier alpha value is -2.13. The maximum absolute atomic E-state index is 12.0. The minimum Gasteiger partial charge on any atom is -0.465 e. The van der Waals surface area contributed by atoms with Crippen LogP contribution in [0.25, 0.3) is 6.08 Å². The molecule has 0 aliphatic rings. The average Bonchev–Trinajstić information content (AvgIpc) is 3.12. The van der Waals surface area contributed by atoms with Crippen molar-refractivity contribution in [3.63, 3.8) is 0 Å². The smallest absolute Gasteiger partial charge is 0.349 e. The lowest BCUT2D eigenvalue weighted by molar-refractivity contribution is -0.137. The molecule has 1 aromatic carbocycles.